The van der Waals surface area contributed by atoms with Crippen LogP contribution in [0.15, 0.2) is 128 Å². The molecule has 0 aliphatic carbocycles. The fraction of sp³-hybridized carbons (Fsp3) is 0. The Kier molecular flexibility index (Phi) is 5.19. The van der Waals surface area contributed by atoms with E-state index in [0.717, 1.165) is 60.5 Å². The normalized spacial score (nSPS) is 11.3. The van der Waals surface area contributed by atoms with Crippen molar-refractivity contribution < 1.29 is 0 Å². The number of hydrogen-bond donors (Lipinski definition) is 0. The predicted molar refractivity (Wildman–Crippen MR) is 168 cm³/mol. The van der Waals surface area contributed by atoms with Crippen molar-refractivity contribution in [3.63, 3.8) is 0 Å². The first-order valence-electron chi connectivity index (χ1n) is 13.7. The predicted octanol–water partition coefficient (Wildman–Crippen LogP) is 8.69. The van der Waals surface area contributed by atoms with Gasteiger partial charge in [0.25, 0.3) is 0 Å². The van der Waals surface area contributed by atoms with Crippen molar-refractivity contribution in [1.82, 2.24) is 14.1 Å². The standard InChI is InChI=1S/C37H21N5/c38-20-25-22-40-23-26(21-39)37(25)24-17-27(41-33-13-5-1-9-29(33)30-10-2-6-14-34(30)41)19-28(18-24)42-35-15-7-3-11-31(35)32-12-4-8-16-36(32)42/h1-19,22-23H. The lowest BCUT2D eigenvalue weighted by molar-refractivity contribution is 1.13. The zero-order valence-electron chi connectivity index (χ0n) is 22.4. The maximum atomic E-state index is 10.1. The molecule has 0 spiro atoms. The van der Waals surface area contributed by atoms with E-state index in [1.807, 2.05) is 0 Å². The monoisotopic (exact) mass is 535 g/mol. The first kappa shape index (κ1) is 23.7. The minimum atomic E-state index is 0.363. The molecule has 3 aromatic heterocycles. The molecule has 194 valence electrons. The number of para-hydroxylation sites is 4. The van der Waals surface area contributed by atoms with Gasteiger partial charge in [0.15, 0.2) is 0 Å². The summed E-state index contributed by atoms with van der Waals surface area (Å²) in [6.07, 6.45) is 3.06. The number of nitrogens with zero attached hydrogens (tertiary/aromatic N) is 5. The number of pyridine rings is 1. The Balaban J connectivity index is 1.54. The highest BCUT2D eigenvalue weighted by Gasteiger charge is 2.19. The van der Waals surface area contributed by atoms with Crippen molar-refractivity contribution in [2.45, 2.75) is 0 Å². The third kappa shape index (κ3) is 3.38. The van der Waals surface area contributed by atoms with Crippen molar-refractivity contribution >= 4 is 43.6 Å². The van der Waals surface area contributed by atoms with Gasteiger partial charge < -0.3 is 9.13 Å². The third-order valence-electron chi connectivity index (χ3n) is 8.05. The summed E-state index contributed by atoms with van der Waals surface area (Å²) in [5.74, 6) is 0. The second kappa shape index (κ2) is 9.20. The van der Waals surface area contributed by atoms with Crippen LogP contribution in [0.3, 0.4) is 0 Å². The third-order valence-corrected chi connectivity index (χ3v) is 8.05. The van der Waals surface area contributed by atoms with Crippen LogP contribution in [0.2, 0.25) is 0 Å². The molecule has 0 fully saturated rings. The van der Waals surface area contributed by atoms with E-state index in [2.05, 4.69) is 142 Å². The Morgan fingerprint density at radius 3 is 1.19 bits per heavy atom. The van der Waals surface area contributed by atoms with E-state index in [4.69, 9.17) is 0 Å². The molecule has 0 radical (unpaired) electrons. The van der Waals surface area contributed by atoms with Crippen LogP contribution in [0.25, 0.3) is 66.1 Å². The molecule has 0 N–H and O–H groups in total. The second-order valence-electron chi connectivity index (χ2n) is 10.3. The number of nitriles is 2. The lowest BCUT2D eigenvalue weighted by Gasteiger charge is -2.16. The molecule has 8 aromatic rings. The maximum Gasteiger partial charge on any atom is 0.101 e. The summed E-state index contributed by atoms with van der Waals surface area (Å²) < 4.78 is 4.54. The van der Waals surface area contributed by atoms with Gasteiger partial charge in [0.2, 0.25) is 0 Å². The van der Waals surface area contributed by atoms with Crippen LogP contribution in [0.1, 0.15) is 11.1 Å². The van der Waals surface area contributed by atoms with Crippen LogP contribution in [-0.4, -0.2) is 14.1 Å². The summed E-state index contributed by atoms with van der Waals surface area (Å²) in [7, 11) is 0. The number of hydrogen-bond acceptors (Lipinski definition) is 3. The van der Waals surface area contributed by atoms with Crippen LogP contribution in [0.5, 0.6) is 0 Å². The molecule has 5 heteroatoms. The number of rotatable bonds is 3. The SMILES string of the molecule is N#Cc1cncc(C#N)c1-c1cc(-n2c3ccccc3c3ccccc32)cc(-n2c3ccccc3c3ccccc32)c1. The van der Waals surface area contributed by atoms with Crippen LogP contribution >= 0.6 is 0 Å². The molecule has 0 bridgehead atoms. The number of aromatic nitrogens is 3. The quantitative estimate of drug-likeness (QED) is 0.227. The average Bonchev–Trinajstić information content (AvgIpc) is 3.57. The highest BCUT2D eigenvalue weighted by molar-refractivity contribution is 6.10. The molecule has 0 unspecified atom stereocenters. The van der Waals surface area contributed by atoms with Gasteiger partial charge in [-0.05, 0) is 48.0 Å². The summed E-state index contributed by atoms with van der Waals surface area (Å²) in [6, 6.07) is 44.5. The first-order chi connectivity index (χ1) is 20.8. The van der Waals surface area contributed by atoms with Crippen LogP contribution in [0, 0.1) is 22.7 Å². The molecule has 8 rings (SSSR count). The van der Waals surface area contributed by atoms with E-state index in [1.165, 1.54) is 12.4 Å². The Hall–Kier alpha value is -6.17. The topological polar surface area (TPSA) is 70.3 Å². The van der Waals surface area contributed by atoms with Crippen molar-refractivity contribution in [2.24, 2.45) is 0 Å². The zero-order valence-corrected chi connectivity index (χ0v) is 22.4. The molecule has 3 heterocycles. The van der Waals surface area contributed by atoms with Gasteiger partial charge in [-0.25, -0.2) is 0 Å². The minimum Gasteiger partial charge on any atom is -0.309 e. The van der Waals surface area contributed by atoms with E-state index in [1.54, 1.807) is 0 Å². The van der Waals surface area contributed by atoms with E-state index >= 15 is 0 Å². The van der Waals surface area contributed by atoms with Crippen LogP contribution in [0.4, 0.5) is 0 Å². The molecule has 0 saturated carbocycles. The van der Waals surface area contributed by atoms with Gasteiger partial charge >= 0.3 is 0 Å². The van der Waals surface area contributed by atoms with E-state index in [9.17, 15) is 10.5 Å². The Labute approximate surface area is 241 Å². The highest BCUT2D eigenvalue weighted by Crippen LogP contribution is 2.38. The molecule has 5 nitrogen and oxygen atoms in total. The summed E-state index contributed by atoms with van der Waals surface area (Å²) in [5.41, 5.74) is 8.29. The second-order valence-corrected chi connectivity index (χ2v) is 10.3. The fourth-order valence-electron chi connectivity index (χ4n) is 6.34. The van der Waals surface area contributed by atoms with Crippen molar-refractivity contribution in [2.75, 3.05) is 0 Å². The highest BCUT2D eigenvalue weighted by atomic mass is 15.0. The molecule has 0 aliphatic rings. The summed E-state index contributed by atoms with van der Waals surface area (Å²) in [6.45, 7) is 0. The van der Waals surface area contributed by atoms with Crippen molar-refractivity contribution in [3.05, 3.63) is 139 Å². The molecule has 42 heavy (non-hydrogen) atoms. The molecule has 0 atom stereocenters. The molecule has 0 saturated heterocycles. The van der Waals surface area contributed by atoms with Crippen molar-refractivity contribution in [3.8, 4) is 34.6 Å². The molecule has 0 amide bonds. The average molecular weight is 536 g/mol. The van der Waals surface area contributed by atoms with Gasteiger partial charge in [-0.15, -0.1) is 0 Å². The summed E-state index contributed by atoms with van der Waals surface area (Å²) >= 11 is 0. The first-order valence-corrected chi connectivity index (χ1v) is 13.7. The maximum absolute atomic E-state index is 10.1. The lowest BCUT2D eigenvalue weighted by atomic mass is 9.96. The smallest absolute Gasteiger partial charge is 0.101 e. The van der Waals surface area contributed by atoms with Gasteiger partial charge in [0.05, 0.1) is 33.2 Å². The van der Waals surface area contributed by atoms with Crippen LogP contribution in [-0.2, 0) is 0 Å². The van der Waals surface area contributed by atoms with Crippen molar-refractivity contribution in [1.29, 1.82) is 10.5 Å². The van der Waals surface area contributed by atoms with Gasteiger partial charge in [-0.2, -0.15) is 10.5 Å². The van der Waals surface area contributed by atoms with Gasteiger partial charge in [0.1, 0.15) is 12.1 Å². The van der Waals surface area contributed by atoms with Crippen LogP contribution < -0.4 is 0 Å². The minimum absolute atomic E-state index is 0.363. The lowest BCUT2D eigenvalue weighted by Crippen LogP contribution is -2.01. The van der Waals surface area contributed by atoms with E-state index in [0.29, 0.717) is 16.7 Å². The molecular weight excluding hydrogens is 514 g/mol. The Morgan fingerprint density at radius 1 is 0.476 bits per heavy atom. The Morgan fingerprint density at radius 2 is 0.833 bits per heavy atom. The fourth-order valence-corrected chi connectivity index (χ4v) is 6.34. The summed E-state index contributed by atoms with van der Waals surface area (Å²) in [4.78, 5) is 4.17. The largest absolute Gasteiger partial charge is 0.309 e. The number of benzene rings is 5. The zero-order chi connectivity index (χ0) is 28.2. The summed E-state index contributed by atoms with van der Waals surface area (Å²) in [5, 5.41) is 24.8. The molecular formula is C37H21N5. The van der Waals surface area contributed by atoms with E-state index in [-0.39, 0.29) is 0 Å². The Bertz CT molecular complexity index is 2180. The molecule has 5 aromatic carbocycles. The van der Waals surface area contributed by atoms with Gasteiger partial charge in [0, 0.05) is 50.9 Å². The van der Waals surface area contributed by atoms with Gasteiger partial charge in [-0.1, -0.05) is 72.8 Å². The van der Waals surface area contributed by atoms with Gasteiger partial charge in [-0.3, -0.25) is 4.98 Å². The number of fused-ring (bicyclic) bond motifs is 6. The van der Waals surface area contributed by atoms with E-state index < -0.39 is 0 Å². The molecule has 0 aliphatic heterocycles.